The molecule has 0 aliphatic heterocycles. The first kappa shape index (κ1) is 20.5. The van der Waals surface area contributed by atoms with Crippen molar-refractivity contribution in [3.63, 3.8) is 0 Å². The number of carbonyl (C=O) groups is 3. The summed E-state index contributed by atoms with van der Waals surface area (Å²) in [5.74, 6) is -1.91. The molecule has 0 aromatic heterocycles. The lowest BCUT2D eigenvalue weighted by Crippen LogP contribution is -2.42. The van der Waals surface area contributed by atoms with Gasteiger partial charge in [-0.05, 0) is 62.3 Å². The Morgan fingerprint density at radius 3 is 0.864 bits per heavy atom. The number of rotatable bonds is 3. The van der Waals surface area contributed by atoms with E-state index in [4.69, 9.17) is 14.0 Å². The first-order chi connectivity index (χ1) is 9.55. The maximum absolute atomic E-state index is 11.9. The molecule has 0 aromatic carbocycles. The van der Waals surface area contributed by atoms with Crippen LogP contribution in [0.4, 0.5) is 0 Å². The molecule has 0 rings (SSSR count). The molecular weight excluding hydrogens is 287 g/mol. The quantitative estimate of drug-likeness (QED) is 0.745. The van der Waals surface area contributed by atoms with Crippen LogP contribution in [0.5, 0.6) is 0 Å². The summed E-state index contributed by atoms with van der Waals surface area (Å²) in [7, 11) is -1.69. The minimum Gasteiger partial charge on any atom is -0.462 e. The molecular formula is C15H27BO6. The third kappa shape index (κ3) is 6.96. The van der Waals surface area contributed by atoms with Gasteiger partial charge in [0, 0.05) is 0 Å². The molecule has 0 heterocycles. The Kier molecular flexibility index (Phi) is 6.24. The molecule has 0 bridgehead atoms. The van der Waals surface area contributed by atoms with Gasteiger partial charge >= 0.3 is 7.32 Å². The van der Waals surface area contributed by atoms with Gasteiger partial charge in [-0.1, -0.05) is 0 Å². The summed E-state index contributed by atoms with van der Waals surface area (Å²) in [6.45, 7) is 14.8. The number of carbonyl (C=O) groups excluding carboxylic acids is 3. The van der Waals surface area contributed by atoms with Crippen molar-refractivity contribution in [3.05, 3.63) is 0 Å². The van der Waals surface area contributed by atoms with E-state index in [0.29, 0.717) is 0 Å². The molecule has 0 aromatic rings. The molecule has 0 N–H and O–H groups in total. The van der Waals surface area contributed by atoms with E-state index in [0.717, 1.165) is 0 Å². The molecule has 126 valence electrons. The standard InChI is InChI=1S/C15H27BO6/c1-13(2,3)10(17)20-16(21-11(18)14(4,5)6)22-12(19)15(7,8)9/h1-9H3. The van der Waals surface area contributed by atoms with Gasteiger partial charge in [-0.2, -0.15) is 0 Å². The van der Waals surface area contributed by atoms with Crippen LogP contribution in [-0.2, 0) is 28.3 Å². The average molecular weight is 314 g/mol. The van der Waals surface area contributed by atoms with Crippen LogP contribution in [-0.4, -0.2) is 25.2 Å². The molecule has 0 saturated carbocycles. The van der Waals surface area contributed by atoms with E-state index in [9.17, 15) is 14.4 Å². The summed E-state index contributed by atoms with van der Waals surface area (Å²) in [5, 5.41) is 0. The highest BCUT2D eigenvalue weighted by Gasteiger charge is 2.43. The minimum atomic E-state index is -1.69. The Morgan fingerprint density at radius 2 is 0.727 bits per heavy atom. The van der Waals surface area contributed by atoms with Gasteiger partial charge in [-0.15, -0.1) is 0 Å². The molecule has 0 radical (unpaired) electrons. The van der Waals surface area contributed by atoms with Crippen molar-refractivity contribution >= 4 is 25.2 Å². The zero-order valence-electron chi connectivity index (χ0n) is 15.0. The van der Waals surface area contributed by atoms with Crippen LogP contribution < -0.4 is 0 Å². The van der Waals surface area contributed by atoms with Gasteiger partial charge < -0.3 is 14.0 Å². The van der Waals surface area contributed by atoms with Gasteiger partial charge in [0.25, 0.3) is 17.9 Å². The normalized spacial score (nSPS) is 12.4. The SMILES string of the molecule is CC(C)(C)C(=O)OB(OC(=O)C(C)(C)C)OC(=O)C(C)(C)C. The average Bonchev–Trinajstić information content (AvgIpc) is 2.24. The molecule has 0 spiro atoms. The molecule has 0 amide bonds. The van der Waals surface area contributed by atoms with Crippen molar-refractivity contribution in [2.75, 3.05) is 0 Å². The summed E-state index contributed by atoms with van der Waals surface area (Å²) in [6.07, 6.45) is 0. The lowest BCUT2D eigenvalue weighted by molar-refractivity contribution is -0.158. The second kappa shape index (κ2) is 6.71. The molecule has 6 nitrogen and oxygen atoms in total. The van der Waals surface area contributed by atoms with E-state index in [-0.39, 0.29) is 0 Å². The van der Waals surface area contributed by atoms with E-state index in [1.165, 1.54) is 0 Å². The smallest absolute Gasteiger partial charge is 0.462 e. The summed E-state index contributed by atoms with van der Waals surface area (Å²) in [6, 6.07) is 0. The molecule has 0 aliphatic carbocycles. The second-order valence-electron chi connectivity index (χ2n) is 8.25. The van der Waals surface area contributed by atoms with Crippen molar-refractivity contribution in [2.24, 2.45) is 16.2 Å². The van der Waals surface area contributed by atoms with Crippen molar-refractivity contribution < 1.29 is 28.3 Å². The fraction of sp³-hybridized carbons (Fsp3) is 0.800. The molecule has 22 heavy (non-hydrogen) atoms. The zero-order valence-corrected chi connectivity index (χ0v) is 15.0. The molecule has 0 unspecified atom stereocenters. The first-order valence-corrected chi connectivity index (χ1v) is 7.18. The van der Waals surface area contributed by atoms with Crippen molar-refractivity contribution in [1.29, 1.82) is 0 Å². The minimum absolute atomic E-state index is 0.638. The molecule has 0 saturated heterocycles. The van der Waals surface area contributed by atoms with Gasteiger partial charge in [0.05, 0.1) is 16.2 Å². The Balaban J connectivity index is 5.12. The Bertz CT molecular complexity index is 370. The maximum Gasteiger partial charge on any atom is 0.870 e. The van der Waals surface area contributed by atoms with Gasteiger partial charge in [-0.25, -0.2) is 0 Å². The monoisotopic (exact) mass is 314 g/mol. The van der Waals surface area contributed by atoms with Crippen molar-refractivity contribution in [2.45, 2.75) is 62.3 Å². The third-order valence-electron chi connectivity index (χ3n) is 2.45. The Morgan fingerprint density at radius 1 is 0.545 bits per heavy atom. The van der Waals surface area contributed by atoms with Crippen LogP contribution in [0.2, 0.25) is 0 Å². The van der Waals surface area contributed by atoms with Gasteiger partial charge in [0.15, 0.2) is 0 Å². The zero-order chi connectivity index (χ0) is 17.9. The lowest BCUT2D eigenvalue weighted by atomic mass is 9.94. The Hall–Kier alpha value is -1.53. The molecule has 0 fully saturated rings. The highest BCUT2D eigenvalue weighted by atomic mass is 16.8. The van der Waals surface area contributed by atoms with Crippen LogP contribution in [0.3, 0.4) is 0 Å². The summed E-state index contributed by atoms with van der Waals surface area (Å²) in [5.41, 5.74) is -2.46. The van der Waals surface area contributed by atoms with Crippen LogP contribution >= 0.6 is 0 Å². The predicted octanol–water partition coefficient (Wildman–Crippen LogP) is 2.74. The summed E-state index contributed by atoms with van der Waals surface area (Å²) >= 11 is 0. The van der Waals surface area contributed by atoms with Crippen LogP contribution in [0, 0.1) is 16.2 Å². The second-order valence-corrected chi connectivity index (χ2v) is 8.25. The largest absolute Gasteiger partial charge is 0.870 e. The fourth-order valence-electron chi connectivity index (χ4n) is 0.865. The summed E-state index contributed by atoms with van der Waals surface area (Å²) in [4.78, 5) is 35.8. The van der Waals surface area contributed by atoms with Crippen molar-refractivity contribution in [3.8, 4) is 0 Å². The van der Waals surface area contributed by atoms with Crippen molar-refractivity contribution in [1.82, 2.24) is 0 Å². The molecule has 0 aliphatic rings. The first-order valence-electron chi connectivity index (χ1n) is 7.18. The predicted molar refractivity (Wildman–Crippen MR) is 82.4 cm³/mol. The van der Waals surface area contributed by atoms with E-state index in [1.807, 2.05) is 0 Å². The van der Waals surface area contributed by atoms with Gasteiger partial charge in [0.1, 0.15) is 0 Å². The van der Waals surface area contributed by atoms with Gasteiger partial charge in [-0.3, -0.25) is 14.4 Å². The maximum atomic E-state index is 11.9. The fourth-order valence-corrected chi connectivity index (χ4v) is 0.865. The highest BCUT2D eigenvalue weighted by molar-refractivity contribution is 6.44. The van der Waals surface area contributed by atoms with Crippen LogP contribution in [0.25, 0.3) is 0 Å². The third-order valence-corrected chi connectivity index (χ3v) is 2.45. The van der Waals surface area contributed by atoms with E-state index >= 15 is 0 Å². The molecule has 0 atom stereocenters. The van der Waals surface area contributed by atoms with E-state index < -0.39 is 41.5 Å². The topological polar surface area (TPSA) is 78.9 Å². The highest BCUT2D eigenvalue weighted by Crippen LogP contribution is 2.21. The van der Waals surface area contributed by atoms with E-state index in [1.54, 1.807) is 62.3 Å². The summed E-state index contributed by atoms with van der Waals surface area (Å²) < 4.78 is 15.1. The number of hydrogen-bond donors (Lipinski definition) is 0. The number of hydrogen-bond acceptors (Lipinski definition) is 6. The molecule has 7 heteroatoms. The lowest BCUT2D eigenvalue weighted by Gasteiger charge is -2.24. The van der Waals surface area contributed by atoms with Crippen LogP contribution in [0.1, 0.15) is 62.3 Å². The van der Waals surface area contributed by atoms with Gasteiger partial charge in [0.2, 0.25) is 0 Å². The van der Waals surface area contributed by atoms with E-state index in [2.05, 4.69) is 0 Å². The Labute approximate surface area is 133 Å². The van der Waals surface area contributed by atoms with Crippen LogP contribution in [0.15, 0.2) is 0 Å².